The van der Waals surface area contributed by atoms with E-state index in [2.05, 4.69) is 31.3 Å². The minimum absolute atomic E-state index is 0.222. The normalized spacial score (nSPS) is 12.7. The van der Waals surface area contributed by atoms with Gasteiger partial charge in [0.05, 0.1) is 6.10 Å². The van der Waals surface area contributed by atoms with Gasteiger partial charge in [-0.2, -0.15) is 0 Å². The first-order chi connectivity index (χ1) is 9.63. The summed E-state index contributed by atoms with van der Waals surface area (Å²) in [6, 6.07) is 8.69. The Kier molecular flexibility index (Phi) is 8.31. The van der Waals surface area contributed by atoms with E-state index in [9.17, 15) is 0 Å². The summed E-state index contributed by atoms with van der Waals surface area (Å²) in [5, 5.41) is 3.52. The van der Waals surface area contributed by atoms with E-state index in [4.69, 9.17) is 9.47 Å². The second-order valence-electron chi connectivity index (χ2n) is 5.38. The number of benzene rings is 1. The van der Waals surface area contributed by atoms with E-state index in [1.54, 1.807) is 0 Å². The highest BCUT2D eigenvalue weighted by molar-refractivity contribution is 5.29. The van der Waals surface area contributed by atoms with Crippen molar-refractivity contribution in [2.24, 2.45) is 0 Å². The molecule has 0 bridgehead atoms. The van der Waals surface area contributed by atoms with Crippen LogP contribution >= 0.6 is 0 Å². The zero-order valence-corrected chi connectivity index (χ0v) is 13.3. The molecule has 1 aromatic carbocycles. The summed E-state index contributed by atoms with van der Waals surface area (Å²) in [7, 11) is 0. The highest BCUT2D eigenvalue weighted by Gasteiger charge is 2.05. The van der Waals surface area contributed by atoms with Crippen molar-refractivity contribution in [2.45, 2.75) is 52.7 Å². The molecule has 0 fully saturated rings. The van der Waals surface area contributed by atoms with Crippen LogP contribution in [-0.2, 0) is 4.74 Å². The van der Waals surface area contributed by atoms with Crippen LogP contribution in [0.4, 0.5) is 0 Å². The Morgan fingerprint density at radius 1 is 1.05 bits per heavy atom. The number of hydrogen-bond acceptors (Lipinski definition) is 3. The molecule has 0 aliphatic heterocycles. The first kappa shape index (κ1) is 17.0. The van der Waals surface area contributed by atoms with Crippen molar-refractivity contribution in [1.29, 1.82) is 0 Å². The standard InChI is InChI=1S/C17H29NO2/c1-5-12-19-13-6-11-18-15(4)16-7-9-17(10-8-16)20-14(2)3/h7-10,14-15,18H,5-6,11-13H2,1-4H3. The van der Waals surface area contributed by atoms with Crippen LogP contribution in [-0.4, -0.2) is 25.9 Å². The molecule has 20 heavy (non-hydrogen) atoms. The highest BCUT2D eigenvalue weighted by Crippen LogP contribution is 2.18. The number of hydrogen-bond donors (Lipinski definition) is 1. The number of rotatable bonds is 10. The second-order valence-corrected chi connectivity index (χ2v) is 5.38. The van der Waals surface area contributed by atoms with Crippen LogP contribution in [0.2, 0.25) is 0 Å². The van der Waals surface area contributed by atoms with E-state index in [1.165, 1.54) is 5.56 Å². The molecule has 0 heterocycles. The van der Waals surface area contributed by atoms with Gasteiger partial charge in [-0.15, -0.1) is 0 Å². The van der Waals surface area contributed by atoms with Crippen LogP contribution in [0.3, 0.4) is 0 Å². The SMILES string of the molecule is CCCOCCCNC(C)c1ccc(OC(C)C)cc1. The number of ether oxygens (including phenoxy) is 2. The molecule has 1 unspecified atom stereocenters. The Bertz CT molecular complexity index is 349. The van der Waals surface area contributed by atoms with Crippen molar-refractivity contribution >= 4 is 0 Å². The summed E-state index contributed by atoms with van der Waals surface area (Å²) < 4.78 is 11.1. The molecule has 114 valence electrons. The molecule has 1 aromatic rings. The maximum absolute atomic E-state index is 5.65. The minimum atomic E-state index is 0.222. The van der Waals surface area contributed by atoms with Crippen molar-refractivity contribution < 1.29 is 9.47 Å². The Balaban J connectivity index is 2.27. The molecular formula is C17H29NO2. The topological polar surface area (TPSA) is 30.5 Å². The van der Waals surface area contributed by atoms with E-state index in [-0.39, 0.29) is 6.10 Å². The largest absolute Gasteiger partial charge is 0.491 e. The average Bonchev–Trinajstić information content (AvgIpc) is 2.42. The van der Waals surface area contributed by atoms with Gasteiger partial charge in [-0.1, -0.05) is 19.1 Å². The van der Waals surface area contributed by atoms with Crippen LogP contribution in [0, 0.1) is 0 Å². The monoisotopic (exact) mass is 279 g/mol. The summed E-state index contributed by atoms with van der Waals surface area (Å²) in [6.07, 6.45) is 2.37. The Morgan fingerprint density at radius 2 is 1.75 bits per heavy atom. The smallest absolute Gasteiger partial charge is 0.119 e. The van der Waals surface area contributed by atoms with Gasteiger partial charge in [0, 0.05) is 19.3 Å². The first-order valence-corrected chi connectivity index (χ1v) is 7.71. The van der Waals surface area contributed by atoms with Crippen molar-refractivity contribution in [1.82, 2.24) is 5.32 Å². The third kappa shape index (κ3) is 6.92. The Morgan fingerprint density at radius 3 is 2.35 bits per heavy atom. The molecule has 0 aliphatic rings. The first-order valence-electron chi connectivity index (χ1n) is 7.71. The van der Waals surface area contributed by atoms with Gasteiger partial charge in [0.15, 0.2) is 0 Å². The van der Waals surface area contributed by atoms with Crippen molar-refractivity contribution in [3.05, 3.63) is 29.8 Å². The second kappa shape index (κ2) is 9.78. The van der Waals surface area contributed by atoms with Crippen molar-refractivity contribution in [2.75, 3.05) is 19.8 Å². The van der Waals surface area contributed by atoms with Gasteiger partial charge in [0.25, 0.3) is 0 Å². The molecule has 0 amide bonds. The fourth-order valence-electron chi connectivity index (χ4n) is 1.96. The van der Waals surface area contributed by atoms with E-state index < -0.39 is 0 Å². The molecule has 0 saturated carbocycles. The van der Waals surface area contributed by atoms with E-state index in [1.807, 2.05) is 26.0 Å². The molecule has 0 radical (unpaired) electrons. The van der Waals surface area contributed by atoms with Crippen LogP contribution in [0.1, 0.15) is 52.1 Å². The van der Waals surface area contributed by atoms with Crippen LogP contribution in [0.5, 0.6) is 5.75 Å². The molecule has 0 aromatic heterocycles. The van der Waals surface area contributed by atoms with E-state index in [0.717, 1.165) is 38.3 Å². The predicted octanol–water partition coefficient (Wildman–Crippen LogP) is 3.94. The molecule has 0 aliphatic carbocycles. The Hall–Kier alpha value is -1.06. The van der Waals surface area contributed by atoms with Crippen LogP contribution < -0.4 is 10.1 Å². The van der Waals surface area contributed by atoms with Crippen LogP contribution in [0.15, 0.2) is 24.3 Å². The van der Waals surface area contributed by atoms with Crippen LogP contribution in [0.25, 0.3) is 0 Å². The average molecular weight is 279 g/mol. The highest BCUT2D eigenvalue weighted by atomic mass is 16.5. The Labute approximate surface area is 123 Å². The fraction of sp³-hybridized carbons (Fsp3) is 0.647. The van der Waals surface area contributed by atoms with Gasteiger partial charge in [-0.25, -0.2) is 0 Å². The van der Waals surface area contributed by atoms with Gasteiger partial charge in [0.2, 0.25) is 0 Å². The summed E-state index contributed by atoms with van der Waals surface area (Å²) in [6.45, 7) is 11.1. The van der Waals surface area contributed by atoms with Gasteiger partial charge in [-0.3, -0.25) is 0 Å². The zero-order chi connectivity index (χ0) is 14.8. The van der Waals surface area contributed by atoms with Gasteiger partial charge in [0.1, 0.15) is 5.75 Å². The summed E-state index contributed by atoms with van der Waals surface area (Å²) in [5.41, 5.74) is 1.29. The zero-order valence-electron chi connectivity index (χ0n) is 13.3. The molecule has 0 spiro atoms. The summed E-state index contributed by atoms with van der Waals surface area (Å²) in [5.74, 6) is 0.934. The maximum atomic E-state index is 5.65. The van der Waals surface area contributed by atoms with E-state index in [0.29, 0.717) is 6.04 Å². The lowest BCUT2D eigenvalue weighted by Gasteiger charge is -2.15. The third-order valence-corrected chi connectivity index (χ3v) is 3.02. The molecule has 0 saturated heterocycles. The maximum Gasteiger partial charge on any atom is 0.119 e. The molecule has 3 nitrogen and oxygen atoms in total. The van der Waals surface area contributed by atoms with Gasteiger partial charge >= 0.3 is 0 Å². The molecule has 1 N–H and O–H groups in total. The quantitative estimate of drug-likeness (QED) is 0.658. The molecular weight excluding hydrogens is 250 g/mol. The summed E-state index contributed by atoms with van der Waals surface area (Å²) >= 11 is 0. The molecule has 1 rings (SSSR count). The lowest BCUT2D eigenvalue weighted by molar-refractivity contribution is 0.132. The predicted molar refractivity (Wildman–Crippen MR) is 84.4 cm³/mol. The van der Waals surface area contributed by atoms with Crippen molar-refractivity contribution in [3.63, 3.8) is 0 Å². The molecule has 1 atom stereocenters. The van der Waals surface area contributed by atoms with E-state index >= 15 is 0 Å². The lowest BCUT2D eigenvalue weighted by atomic mass is 10.1. The fourth-order valence-corrected chi connectivity index (χ4v) is 1.96. The number of nitrogens with one attached hydrogen (secondary N) is 1. The minimum Gasteiger partial charge on any atom is -0.491 e. The van der Waals surface area contributed by atoms with Gasteiger partial charge < -0.3 is 14.8 Å². The van der Waals surface area contributed by atoms with Gasteiger partial charge in [-0.05, 0) is 57.9 Å². The summed E-state index contributed by atoms with van der Waals surface area (Å²) in [4.78, 5) is 0. The lowest BCUT2D eigenvalue weighted by Crippen LogP contribution is -2.21. The van der Waals surface area contributed by atoms with Crippen molar-refractivity contribution in [3.8, 4) is 5.75 Å². The third-order valence-electron chi connectivity index (χ3n) is 3.02. The molecule has 3 heteroatoms.